The normalized spacial score (nSPS) is 26.9. The van der Waals surface area contributed by atoms with Crippen LogP contribution in [0.4, 0.5) is 4.79 Å². The minimum atomic E-state index is -1.86. The van der Waals surface area contributed by atoms with Gasteiger partial charge < -0.3 is 76.8 Å². The quantitative estimate of drug-likeness (QED) is 0.0587. The summed E-state index contributed by atoms with van der Waals surface area (Å²) in [6.07, 6.45) is -12.4. The second kappa shape index (κ2) is 19.2. The molecule has 3 heterocycles. The number of nitrogens with one attached hydrogen (secondary N) is 6. The standard InChI is InChI=1S/C27H42N8O16/c1-48-22-17(41)11(7-28)49-25(22)51-20(21-18(42)19(43)23(50-21)35-6-3-12(36)34-27(35)47)16(24(44)45)30-5-2-4-29-13(37)8-31-14(38)9-32-26(46)33-10-15(39)40/h3,6,11,16-23,25,30,41-43H,2,4-5,7-10,28H2,1H3,(H,29,37)(H,31,38)(H,39,40)(H,44,45)(H2,32,33,46)(H,34,36,47)/t11-,16?,17+,18+,19-,20?,21+,22-,23-,25-/m1/s1. The lowest BCUT2D eigenvalue weighted by molar-refractivity contribution is -0.231. The summed E-state index contributed by atoms with van der Waals surface area (Å²) in [6, 6.07) is -1.65. The Kier molecular flexibility index (Phi) is 15.4. The van der Waals surface area contributed by atoms with Crippen LogP contribution < -0.4 is 43.6 Å². The molecule has 3 rings (SSSR count). The van der Waals surface area contributed by atoms with Gasteiger partial charge in [0.05, 0.1) is 13.1 Å². The second-order valence-corrected chi connectivity index (χ2v) is 11.2. The zero-order valence-corrected chi connectivity index (χ0v) is 27.1. The number of methoxy groups -OCH3 is 1. The number of nitrogens with two attached hydrogens (primary N) is 1. The summed E-state index contributed by atoms with van der Waals surface area (Å²) in [4.78, 5) is 84.4. The fraction of sp³-hybridized carbons (Fsp3) is 0.667. The van der Waals surface area contributed by atoms with Crippen molar-refractivity contribution in [2.75, 3.05) is 46.4 Å². The van der Waals surface area contributed by atoms with Gasteiger partial charge in [0.2, 0.25) is 11.8 Å². The number of carbonyl (C=O) groups excluding carboxylic acids is 3. The third-order valence-electron chi connectivity index (χ3n) is 7.71. The third kappa shape index (κ3) is 11.2. The molecule has 1 aromatic rings. The number of carboxylic acid groups (broad SMARTS) is 2. The van der Waals surface area contributed by atoms with E-state index in [4.69, 9.17) is 29.8 Å². The number of rotatable bonds is 19. The third-order valence-corrected chi connectivity index (χ3v) is 7.71. The van der Waals surface area contributed by atoms with E-state index < -0.39 is 122 Å². The van der Waals surface area contributed by atoms with E-state index in [1.807, 2.05) is 10.3 Å². The highest BCUT2D eigenvalue weighted by molar-refractivity contribution is 5.88. The predicted octanol–water partition coefficient (Wildman–Crippen LogP) is -7.35. The van der Waals surface area contributed by atoms with Crippen molar-refractivity contribution in [3.8, 4) is 0 Å². The van der Waals surface area contributed by atoms with Gasteiger partial charge in [0.1, 0.15) is 55.3 Å². The first-order chi connectivity index (χ1) is 24.2. The van der Waals surface area contributed by atoms with Crippen molar-refractivity contribution in [1.82, 2.24) is 36.1 Å². The van der Waals surface area contributed by atoms with E-state index in [0.717, 1.165) is 16.8 Å². The van der Waals surface area contributed by atoms with Crippen LogP contribution in [-0.2, 0) is 38.1 Å². The number of carboxylic acids is 2. The number of aliphatic carboxylic acids is 2. The number of aliphatic hydroxyl groups excluding tert-OH is 3. The molecule has 0 bridgehead atoms. The molecule has 4 amide bonds. The number of hydrogen-bond acceptors (Lipinski definition) is 16. The lowest BCUT2D eigenvalue weighted by atomic mass is 9.98. The molecular weight excluding hydrogens is 692 g/mol. The maximum absolute atomic E-state index is 12.6. The monoisotopic (exact) mass is 734 g/mol. The lowest BCUT2D eigenvalue weighted by Crippen LogP contribution is -2.57. The first kappa shape index (κ1) is 40.9. The van der Waals surface area contributed by atoms with Crippen LogP contribution in [-0.4, -0.2) is 166 Å². The van der Waals surface area contributed by atoms with Gasteiger partial charge in [-0.1, -0.05) is 0 Å². The molecule has 2 aliphatic rings. The van der Waals surface area contributed by atoms with Crippen LogP contribution in [0.1, 0.15) is 12.6 Å². The second-order valence-electron chi connectivity index (χ2n) is 11.2. The van der Waals surface area contributed by atoms with Crippen molar-refractivity contribution in [3.63, 3.8) is 0 Å². The number of aromatic amines is 1. The van der Waals surface area contributed by atoms with Crippen LogP contribution in [0.15, 0.2) is 21.9 Å². The topological polar surface area (TPSA) is 364 Å². The minimum absolute atomic E-state index is 0.0181. The smallest absolute Gasteiger partial charge is 0.330 e. The van der Waals surface area contributed by atoms with E-state index >= 15 is 0 Å². The summed E-state index contributed by atoms with van der Waals surface area (Å²) in [5, 5.41) is 62.7. The fourth-order valence-corrected chi connectivity index (χ4v) is 5.17. The molecule has 0 aromatic carbocycles. The van der Waals surface area contributed by atoms with Gasteiger partial charge in [0, 0.05) is 32.5 Å². The van der Waals surface area contributed by atoms with Gasteiger partial charge in [-0.25, -0.2) is 9.59 Å². The summed E-state index contributed by atoms with van der Waals surface area (Å²) in [6.45, 7) is -1.95. The van der Waals surface area contributed by atoms with E-state index in [0.29, 0.717) is 0 Å². The van der Waals surface area contributed by atoms with Crippen LogP contribution >= 0.6 is 0 Å². The SMILES string of the molecule is CO[C@H]1[C@@H](OC(C(NCCCNC(=O)CNC(=O)CNC(=O)NCC(=O)O)C(=O)O)[C@H]2O[C@@H](n3ccc(=O)[nH]c3=O)[C@H](O)[C@@H]2O)O[C@H](CN)[C@@H]1O. The average Bonchev–Trinajstić information content (AvgIpc) is 3.55. The van der Waals surface area contributed by atoms with Crippen molar-refractivity contribution in [2.45, 2.75) is 67.7 Å². The Labute approximate surface area is 287 Å². The number of aromatic nitrogens is 2. The van der Waals surface area contributed by atoms with Crippen molar-refractivity contribution in [3.05, 3.63) is 33.1 Å². The number of carbonyl (C=O) groups is 5. The zero-order valence-electron chi connectivity index (χ0n) is 27.1. The number of nitrogens with zero attached hydrogens (tertiary/aromatic N) is 1. The van der Waals surface area contributed by atoms with Gasteiger partial charge >= 0.3 is 23.7 Å². The first-order valence-electron chi connectivity index (χ1n) is 15.5. The van der Waals surface area contributed by atoms with Crippen molar-refractivity contribution < 1.29 is 68.5 Å². The molecule has 2 saturated heterocycles. The maximum atomic E-state index is 12.6. The van der Waals surface area contributed by atoms with Crippen LogP contribution in [0.2, 0.25) is 0 Å². The first-order valence-corrected chi connectivity index (χ1v) is 15.5. The Morgan fingerprint density at radius 1 is 0.941 bits per heavy atom. The molecule has 24 nitrogen and oxygen atoms in total. The van der Waals surface area contributed by atoms with Crippen LogP contribution in [0.25, 0.3) is 0 Å². The summed E-state index contributed by atoms with van der Waals surface area (Å²) in [5.74, 6) is -4.18. The van der Waals surface area contributed by atoms with E-state index in [1.54, 1.807) is 0 Å². The molecule has 51 heavy (non-hydrogen) atoms. The summed E-state index contributed by atoms with van der Waals surface area (Å²) in [5.41, 5.74) is 3.93. The highest BCUT2D eigenvalue weighted by Gasteiger charge is 2.54. The largest absolute Gasteiger partial charge is 0.480 e. The Morgan fingerprint density at radius 2 is 1.61 bits per heavy atom. The molecule has 2 fully saturated rings. The van der Waals surface area contributed by atoms with Crippen molar-refractivity contribution >= 4 is 29.8 Å². The van der Waals surface area contributed by atoms with E-state index in [1.165, 1.54) is 7.11 Å². The van der Waals surface area contributed by atoms with Crippen molar-refractivity contribution in [1.29, 1.82) is 0 Å². The molecule has 2 aliphatic heterocycles. The molecule has 2 unspecified atom stereocenters. The number of ether oxygens (including phenoxy) is 4. The molecule has 0 aliphatic carbocycles. The summed E-state index contributed by atoms with van der Waals surface area (Å²) >= 11 is 0. The highest BCUT2D eigenvalue weighted by Crippen LogP contribution is 2.34. The number of H-pyrrole nitrogens is 1. The Hall–Kier alpha value is -4.53. The van der Waals surface area contributed by atoms with Gasteiger partial charge in [0.15, 0.2) is 12.5 Å². The van der Waals surface area contributed by atoms with Gasteiger partial charge in [-0.2, -0.15) is 0 Å². The molecule has 1 aromatic heterocycles. The summed E-state index contributed by atoms with van der Waals surface area (Å²) < 4.78 is 23.5. The van der Waals surface area contributed by atoms with Gasteiger partial charge in [-0.3, -0.25) is 33.5 Å². The predicted molar refractivity (Wildman–Crippen MR) is 166 cm³/mol. The zero-order chi connectivity index (χ0) is 37.8. The van der Waals surface area contributed by atoms with Crippen molar-refractivity contribution in [2.24, 2.45) is 5.73 Å². The molecule has 0 spiro atoms. The van der Waals surface area contributed by atoms with E-state index in [9.17, 15) is 54.0 Å². The van der Waals surface area contributed by atoms with Crippen LogP contribution in [0, 0.1) is 0 Å². The maximum Gasteiger partial charge on any atom is 0.330 e. The number of amides is 4. The van der Waals surface area contributed by atoms with Gasteiger partial charge in [-0.15, -0.1) is 0 Å². The highest BCUT2D eigenvalue weighted by atomic mass is 16.7. The summed E-state index contributed by atoms with van der Waals surface area (Å²) in [7, 11) is 1.23. The van der Waals surface area contributed by atoms with Crippen LogP contribution in [0.3, 0.4) is 0 Å². The number of urea groups is 1. The molecule has 0 saturated carbocycles. The molecule has 24 heteroatoms. The van der Waals surface area contributed by atoms with E-state index in [-0.39, 0.29) is 26.1 Å². The fourth-order valence-electron chi connectivity index (χ4n) is 5.17. The minimum Gasteiger partial charge on any atom is -0.480 e. The molecule has 0 radical (unpaired) electrons. The van der Waals surface area contributed by atoms with Gasteiger partial charge in [-0.05, 0) is 13.0 Å². The Balaban J connectivity index is 1.64. The lowest BCUT2D eigenvalue weighted by Gasteiger charge is -2.34. The number of aliphatic hydroxyl groups is 3. The molecular formula is C27H42N8O16. The average molecular weight is 735 g/mol. The van der Waals surface area contributed by atoms with Crippen LogP contribution in [0.5, 0.6) is 0 Å². The molecule has 286 valence electrons. The van der Waals surface area contributed by atoms with Gasteiger partial charge in [0.25, 0.3) is 5.56 Å². The Bertz CT molecular complexity index is 1490. The van der Waals surface area contributed by atoms with E-state index in [2.05, 4.69) is 21.3 Å². The molecule has 13 N–H and O–H groups in total. The Morgan fingerprint density at radius 3 is 2.24 bits per heavy atom. The number of hydrogen-bond donors (Lipinski definition) is 12. The molecule has 10 atom stereocenters.